The molecule has 148 valence electrons. The number of fused-ring (bicyclic) bond motifs is 1. The SMILES string of the molecule is COC(=O)c1c(F)cc(NCC(=O)N(C)C2CCCc3ccccc32)cc1F. The Morgan fingerprint density at radius 1 is 1.21 bits per heavy atom. The third-order valence-electron chi connectivity index (χ3n) is 5.07. The number of nitrogens with zero attached hydrogens (tertiary/aromatic N) is 1. The van der Waals surface area contributed by atoms with E-state index >= 15 is 0 Å². The summed E-state index contributed by atoms with van der Waals surface area (Å²) in [5.41, 5.74) is 1.71. The van der Waals surface area contributed by atoms with E-state index in [1.54, 1.807) is 11.9 Å². The number of hydrogen-bond acceptors (Lipinski definition) is 4. The van der Waals surface area contributed by atoms with E-state index in [1.807, 2.05) is 18.2 Å². The number of methoxy groups -OCH3 is 1. The highest BCUT2D eigenvalue weighted by Crippen LogP contribution is 2.33. The third-order valence-corrected chi connectivity index (χ3v) is 5.07. The summed E-state index contributed by atoms with van der Waals surface area (Å²) in [5.74, 6) is -3.37. The topological polar surface area (TPSA) is 58.6 Å². The second-order valence-corrected chi connectivity index (χ2v) is 6.77. The van der Waals surface area contributed by atoms with Gasteiger partial charge in [0.1, 0.15) is 17.2 Å². The van der Waals surface area contributed by atoms with Crippen LogP contribution in [0.2, 0.25) is 0 Å². The Kier molecular flexibility index (Phi) is 5.92. The molecule has 1 N–H and O–H groups in total. The molecule has 5 nitrogen and oxygen atoms in total. The lowest BCUT2D eigenvalue weighted by molar-refractivity contribution is -0.130. The van der Waals surface area contributed by atoms with Crippen molar-refractivity contribution in [3.05, 3.63) is 64.7 Å². The van der Waals surface area contributed by atoms with Gasteiger partial charge in [-0.2, -0.15) is 0 Å². The number of benzene rings is 2. The molecule has 0 bridgehead atoms. The smallest absolute Gasteiger partial charge is 0.343 e. The normalized spacial score (nSPS) is 15.5. The monoisotopic (exact) mass is 388 g/mol. The number of halogens is 2. The van der Waals surface area contributed by atoms with Crippen LogP contribution in [-0.2, 0) is 16.0 Å². The molecule has 0 fully saturated rings. The molecule has 0 heterocycles. The van der Waals surface area contributed by atoms with Crippen LogP contribution in [0.3, 0.4) is 0 Å². The van der Waals surface area contributed by atoms with Crippen LogP contribution in [0, 0.1) is 11.6 Å². The van der Waals surface area contributed by atoms with Crippen molar-refractivity contribution in [1.29, 1.82) is 0 Å². The van der Waals surface area contributed by atoms with E-state index in [0.29, 0.717) is 0 Å². The number of hydrogen-bond donors (Lipinski definition) is 1. The van der Waals surface area contributed by atoms with Crippen LogP contribution < -0.4 is 5.32 Å². The Balaban J connectivity index is 1.69. The van der Waals surface area contributed by atoms with Crippen molar-refractivity contribution < 1.29 is 23.1 Å². The van der Waals surface area contributed by atoms with Crippen molar-refractivity contribution in [2.24, 2.45) is 0 Å². The fraction of sp³-hybridized carbons (Fsp3) is 0.333. The molecule has 1 aliphatic rings. The summed E-state index contributed by atoms with van der Waals surface area (Å²) in [4.78, 5) is 25.7. The molecule has 0 saturated heterocycles. The van der Waals surface area contributed by atoms with E-state index in [4.69, 9.17) is 0 Å². The third kappa shape index (κ3) is 3.98. The van der Waals surface area contributed by atoms with Crippen molar-refractivity contribution in [3.8, 4) is 0 Å². The lowest BCUT2D eigenvalue weighted by Crippen LogP contribution is -2.37. The summed E-state index contributed by atoms with van der Waals surface area (Å²) in [6.45, 7) is -0.119. The maximum atomic E-state index is 14.0. The molecule has 0 aliphatic heterocycles. The number of carbonyl (C=O) groups excluding carboxylic acids is 2. The number of ether oxygens (including phenoxy) is 1. The zero-order valence-corrected chi connectivity index (χ0v) is 15.8. The second kappa shape index (κ2) is 8.37. The molecular formula is C21H22F2N2O3. The molecule has 2 aromatic rings. The van der Waals surface area contributed by atoms with Crippen LogP contribution in [0.15, 0.2) is 36.4 Å². The minimum atomic E-state index is -1.09. The average Bonchev–Trinajstić information content (AvgIpc) is 2.70. The highest BCUT2D eigenvalue weighted by molar-refractivity contribution is 5.90. The maximum absolute atomic E-state index is 14.0. The number of aryl methyl sites for hydroxylation is 1. The summed E-state index contributed by atoms with van der Waals surface area (Å²) in [5, 5.41) is 2.73. The first-order chi connectivity index (χ1) is 13.4. The van der Waals surface area contributed by atoms with Crippen LogP contribution in [0.25, 0.3) is 0 Å². The van der Waals surface area contributed by atoms with Gasteiger partial charge in [0, 0.05) is 12.7 Å². The summed E-state index contributed by atoms with van der Waals surface area (Å²) < 4.78 is 32.4. The van der Waals surface area contributed by atoms with E-state index in [2.05, 4.69) is 16.1 Å². The van der Waals surface area contributed by atoms with Crippen molar-refractivity contribution in [1.82, 2.24) is 4.90 Å². The van der Waals surface area contributed by atoms with Gasteiger partial charge in [0.25, 0.3) is 0 Å². The molecule has 1 amide bonds. The van der Waals surface area contributed by atoms with Gasteiger partial charge >= 0.3 is 5.97 Å². The van der Waals surface area contributed by atoms with Gasteiger partial charge < -0.3 is 15.0 Å². The lowest BCUT2D eigenvalue weighted by atomic mass is 9.87. The number of rotatable bonds is 5. The number of nitrogens with one attached hydrogen (secondary N) is 1. The van der Waals surface area contributed by atoms with Gasteiger partial charge in [-0.3, -0.25) is 4.79 Å². The van der Waals surface area contributed by atoms with E-state index in [9.17, 15) is 18.4 Å². The number of amides is 1. The summed E-state index contributed by atoms with van der Waals surface area (Å²) in [6, 6.07) is 9.98. The number of likely N-dealkylation sites (N-methyl/N-ethyl adjacent to an activating group) is 1. The fourth-order valence-corrected chi connectivity index (χ4v) is 3.58. The Hall–Kier alpha value is -2.96. The lowest BCUT2D eigenvalue weighted by Gasteiger charge is -2.33. The molecule has 2 aromatic carbocycles. The second-order valence-electron chi connectivity index (χ2n) is 6.77. The van der Waals surface area contributed by atoms with Crippen LogP contribution in [0.1, 0.15) is 40.4 Å². The Morgan fingerprint density at radius 2 is 1.89 bits per heavy atom. The molecule has 0 radical (unpaired) electrons. The van der Waals surface area contributed by atoms with Gasteiger partial charge in [-0.25, -0.2) is 13.6 Å². The Bertz CT molecular complexity index is 878. The summed E-state index contributed by atoms with van der Waals surface area (Å²) in [6.07, 6.45) is 2.87. The Morgan fingerprint density at radius 3 is 2.57 bits per heavy atom. The number of carbonyl (C=O) groups is 2. The van der Waals surface area contributed by atoms with E-state index in [-0.39, 0.29) is 24.2 Å². The number of esters is 1. The van der Waals surface area contributed by atoms with Crippen molar-refractivity contribution in [2.45, 2.75) is 25.3 Å². The van der Waals surface area contributed by atoms with Gasteiger partial charge in [0.05, 0.1) is 19.7 Å². The van der Waals surface area contributed by atoms with Gasteiger partial charge in [-0.15, -0.1) is 0 Å². The molecule has 7 heteroatoms. The van der Waals surface area contributed by atoms with Crippen molar-refractivity contribution >= 4 is 17.6 Å². The van der Waals surface area contributed by atoms with Crippen LogP contribution in [-0.4, -0.2) is 37.5 Å². The number of anilines is 1. The average molecular weight is 388 g/mol. The largest absolute Gasteiger partial charge is 0.465 e. The minimum absolute atomic E-state index is 0.0191. The van der Waals surface area contributed by atoms with Crippen molar-refractivity contribution in [2.75, 3.05) is 26.0 Å². The van der Waals surface area contributed by atoms with E-state index in [0.717, 1.165) is 44.1 Å². The molecule has 3 rings (SSSR count). The fourth-order valence-electron chi connectivity index (χ4n) is 3.58. The minimum Gasteiger partial charge on any atom is -0.465 e. The molecule has 1 unspecified atom stereocenters. The predicted molar refractivity (Wildman–Crippen MR) is 101 cm³/mol. The quantitative estimate of drug-likeness (QED) is 0.794. The maximum Gasteiger partial charge on any atom is 0.343 e. The molecule has 1 atom stereocenters. The molecular weight excluding hydrogens is 366 g/mol. The van der Waals surface area contributed by atoms with Gasteiger partial charge in [-0.05, 0) is 42.5 Å². The van der Waals surface area contributed by atoms with Gasteiger partial charge in [0.15, 0.2) is 0 Å². The summed E-state index contributed by atoms with van der Waals surface area (Å²) >= 11 is 0. The highest BCUT2D eigenvalue weighted by Gasteiger charge is 2.26. The first-order valence-electron chi connectivity index (χ1n) is 9.07. The van der Waals surface area contributed by atoms with E-state index in [1.165, 1.54) is 5.56 Å². The first-order valence-corrected chi connectivity index (χ1v) is 9.07. The molecule has 0 saturated carbocycles. The molecule has 28 heavy (non-hydrogen) atoms. The predicted octanol–water partition coefficient (Wildman–Crippen LogP) is 3.70. The van der Waals surface area contributed by atoms with Gasteiger partial charge in [0.2, 0.25) is 5.91 Å². The zero-order valence-electron chi connectivity index (χ0n) is 15.8. The van der Waals surface area contributed by atoms with Crippen LogP contribution >= 0.6 is 0 Å². The molecule has 1 aliphatic carbocycles. The Labute approximate surface area is 162 Å². The van der Waals surface area contributed by atoms with Gasteiger partial charge in [-0.1, -0.05) is 24.3 Å². The van der Waals surface area contributed by atoms with Crippen LogP contribution in [0.4, 0.5) is 14.5 Å². The standard InChI is InChI=1S/C21H22F2N2O3/c1-25(18-9-5-7-13-6-3-4-8-15(13)18)19(26)12-24-14-10-16(22)20(17(23)11-14)21(27)28-2/h3-4,6,8,10-11,18,24H,5,7,9,12H2,1-2H3. The zero-order chi connectivity index (χ0) is 20.3. The highest BCUT2D eigenvalue weighted by atomic mass is 19.1. The molecule has 0 aromatic heterocycles. The van der Waals surface area contributed by atoms with Crippen molar-refractivity contribution in [3.63, 3.8) is 0 Å². The van der Waals surface area contributed by atoms with Crippen LogP contribution in [0.5, 0.6) is 0 Å². The molecule has 0 spiro atoms. The first kappa shape index (κ1) is 19.8. The summed E-state index contributed by atoms with van der Waals surface area (Å²) in [7, 11) is 2.78. The van der Waals surface area contributed by atoms with E-state index < -0.39 is 23.2 Å².